The van der Waals surface area contributed by atoms with Crippen molar-refractivity contribution in [2.45, 2.75) is 19.6 Å². The van der Waals surface area contributed by atoms with Crippen LogP contribution in [0.25, 0.3) is 16.9 Å². The Hall–Kier alpha value is -3.58. The van der Waals surface area contributed by atoms with Gasteiger partial charge in [0, 0.05) is 18.8 Å². The molecule has 5 rings (SSSR count). The van der Waals surface area contributed by atoms with E-state index in [1.165, 1.54) is 29.2 Å². The van der Waals surface area contributed by atoms with Crippen LogP contribution >= 0.6 is 0 Å². The van der Waals surface area contributed by atoms with Gasteiger partial charge in [-0.2, -0.15) is 0 Å². The van der Waals surface area contributed by atoms with Crippen LogP contribution in [-0.4, -0.2) is 32.5 Å². The van der Waals surface area contributed by atoms with Crippen LogP contribution in [0.3, 0.4) is 0 Å². The zero-order valence-electron chi connectivity index (χ0n) is 16.9. The van der Waals surface area contributed by atoms with E-state index < -0.39 is 0 Å². The Bertz CT molecular complexity index is 1280. The molecular weight excluding hydrogens is 395 g/mol. The summed E-state index contributed by atoms with van der Waals surface area (Å²) < 4.78 is 20.1. The number of ether oxygens (including phenoxy) is 1. The van der Waals surface area contributed by atoms with Gasteiger partial charge in [-0.1, -0.05) is 12.1 Å². The van der Waals surface area contributed by atoms with Gasteiger partial charge in [-0.15, -0.1) is 0 Å². The fraction of sp³-hybridized carbons (Fsp3) is 0.208. The number of likely N-dealkylation sites (tertiary alicyclic amines) is 1. The van der Waals surface area contributed by atoms with Crippen molar-refractivity contribution in [2.75, 3.05) is 13.1 Å². The van der Waals surface area contributed by atoms with E-state index >= 15 is 0 Å². The van der Waals surface area contributed by atoms with Gasteiger partial charge in [0.1, 0.15) is 24.0 Å². The average Bonchev–Trinajstić information content (AvgIpc) is 2.75. The minimum atomic E-state index is -0.295. The Morgan fingerprint density at radius 1 is 0.935 bits per heavy atom. The van der Waals surface area contributed by atoms with E-state index in [9.17, 15) is 9.18 Å². The lowest BCUT2D eigenvalue weighted by atomic mass is 10.2. The number of aromatic nitrogens is 3. The lowest BCUT2D eigenvalue weighted by Crippen LogP contribution is -2.36. The Labute approximate surface area is 178 Å². The molecule has 1 aromatic carbocycles. The molecule has 0 radical (unpaired) electrons. The number of hydrogen-bond donors (Lipinski definition) is 0. The SMILES string of the molecule is O=c1cc(OCc2ccc(F)cc2)ccn1-c1ccc2nc(CN3CCC3)ccc2n1. The summed E-state index contributed by atoms with van der Waals surface area (Å²) in [6, 6.07) is 16.8. The van der Waals surface area contributed by atoms with Crippen molar-refractivity contribution in [3.8, 4) is 11.6 Å². The first-order chi connectivity index (χ1) is 15.1. The predicted molar refractivity (Wildman–Crippen MR) is 116 cm³/mol. The summed E-state index contributed by atoms with van der Waals surface area (Å²) in [5.74, 6) is 0.681. The molecule has 4 aromatic rings. The molecule has 4 heterocycles. The lowest BCUT2D eigenvalue weighted by Gasteiger charge is -2.30. The molecule has 31 heavy (non-hydrogen) atoms. The third-order valence-electron chi connectivity index (χ3n) is 5.38. The molecule has 7 heteroatoms. The molecule has 0 aliphatic carbocycles. The van der Waals surface area contributed by atoms with E-state index in [1.807, 2.05) is 18.2 Å². The van der Waals surface area contributed by atoms with Gasteiger partial charge in [0.25, 0.3) is 5.56 Å². The monoisotopic (exact) mass is 416 g/mol. The van der Waals surface area contributed by atoms with Gasteiger partial charge < -0.3 is 4.74 Å². The van der Waals surface area contributed by atoms with E-state index in [0.717, 1.165) is 41.9 Å². The molecule has 1 saturated heterocycles. The summed E-state index contributed by atoms with van der Waals surface area (Å²) >= 11 is 0. The van der Waals surface area contributed by atoms with E-state index in [1.54, 1.807) is 30.5 Å². The second-order valence-corrected chi connectivity index (χ2v) is 7.63. The molecule has 1 fully saturated rings. The maximum atomic E-state index is 13.0. The summed E-state index contributed by atoms with van der Waals surface area (Å²) in [4.78, 5) is 24.3. The fourth-order valence-corrected chi connectivity index (χ4v) is 3.52. The van der Waals surface area contributed by atoms with Crippen molar-refractivity contribution in [1.82, 2.24) is 19.4 Å². The Morgan fingerprint density at radius 3 is 2.45 bits per heavy atom. The van der Waals surface area contributed by atoms with Gasteiger partial charge in [-0.3, -0.25) is 14.3 Å². The van der Waals surface area contributed by atoms with E-state index in [4.69, 9.17) is 9.72 Å². The highest BCUT2D eigenvalue weighted by Gasteiger charge is 2.14. The molecule has 0 unspecified atom stereocenters. The zero-order valence-corrected chi connectivity index (χ0v) is 16.9. The number of pyridine rings is 3. The predicted octanol–water partition coefficient (Wildman–Crippen LogP) is 3.70. The second-order valence-electron chi connectivity index (χ2n) is 7.63. The van der Waals surface area contributed by atoms with Crippen LogP contribution in [0, 0.1) is 5.82 Å². The van der Waals surface area contributed by atoms with Crippen molar-refractivity contribution in [2.24, 2.45) is 0 Å². The van der Waals surface area contributed by atoms with Gasteiger partial charge in [0.05, 0.1) is 16.7 Å². The smallest absolute Gasteiger partial charge is 0.259 e. The van der Waals surface area contributed by atoms with Crippen molar-refractivity contribution < 1.29 is 9.13 Å². The minimum absolute atomic E-state index is 0.245. The van der Waals surface area contributed by atoms with Crippen LogP contribution in [0.5, 0.6) is 5.75 Å². The van der Waals surface area contributed by atoms with Crippen LogP contribution in [0.2, 0.25) is 0 Å². The maximum absolute atomic E-state index is 13.0. The number of hydrogen-bond acceptors (Lipinski definition) is 5. The quantitative estimate of drug-likeness (QED) is 0.480. The zero-order chi connectivity index (χ0) is 21.2. The molecule has 3 aromatic heterocycles. The Kier molecular flexibility index (Phi) is 5.18. The Balaban J connectivity index is 1.33. The molecule has 0 bridgehead atoms. The molecule has 0 saturated carbocycles. The van der Waals surface area contributed by atoms with Crippen molar-refractivity contribution in [1.29, 1.82) is 0 Å². The summed E-state index contributed by atoms with van der Waals surface area (Å²) in [7, 11) is 0. The molecule has 6 nitrogen and oxygen atoms in total. The minimum Gasteiger partial charge on any atom is -0.489 e. The van der Waals surface area contributed by atoms with Crippen molar-refractivity contribution in [3.05, 3.63) is 94.3 Å². The highest BCUT2D eigenvalue weighted by atomic mass is 19.1. The molecule has 1 aliphatic heterocycles. The van der Waals surface area contributed by atoms with Crippen molar-refractivity contribution in [3.63, 3.8) is 0 Å². The Morgan fingerprint density at radius 2 is 1.71 bits per heavy atom. The summed E-state index contributed by atoms with van der Waals surface area (Å²) in [5, 5.41) is 0. The fourth-order valence-electron chi connectivity index (χ4n) is 3.52. The van der Waals surface area contributed by atoms with Gasteiger partial charge in [-0.25, -0.2) is 14.4 Å². The second kappa shape index (κ2) is 8.28. The first kappa shape index (κ1) is 19.4. The van der Waals surface area contributed by atoms with Crippen LogP contribution < -0.4 is 10.3 Å². The third-order valence-corrected chi connectivity index (χ3v) is 5.38. The van der Waals surface area contributed by atoms with Crippen LogP contribution in [0.15, 0.2) is 71.7 Å². The average molecular weight is 416 g/mol. The molecule has 0 spiro atoms. The van der Waals surface area contributed by atoms with Crippen LogP contribution in [0.1, 0.15) is 17.7 Å². The normalized spacial score (nSPS) is 13.8. The highest BCUT2D eigenvalue weighted by Crippen LogP contribution is 2.17. The molecule has 156 valence electrons. The highest BCUT2D eigenvalue weighted by molar-refractivity contribution is 5.75. The van der Waals surface area contributed by atoms with Gasteiger partial charge in [0.2, 0.25) is 0 Å². The van der Waals surface area contributed by atoms with E-state index in [2.05, 4.69) is 9.88 Å². The molecule has 1 aliphatic rings. The topological polar surface area (TPSA) is 60.3 Å². The number of rotatable bonds is 6. The molecular formula is C24H21FN4O2. The summed E-state index contributed by atoms with van der Waals surface area (Å²) in [6.07, 6.45) is 2.89. The lowest BCUT2D eigenvalue weighted by molar-refractivity contribution is 0.170. The number of fused-ring (bicyclic) bond motifs is 1. The molecule has 0 N–H and O–H groups in total. The first-order valence-corrected chi connectivity index (χ1v) is 10.2. The number of benzene rings is 1. The van der Waals surface area contributed by atoms with Gasteiger partial charge in [0.15, 0.2) is 0 Å². The van der Waals surface area contributed by atoms with E-state index in [-0.39, 0.29) is 18.0 Å². The van der Waals surface area contributed by atoms with Crippen LogP contribution in [-0.2, 0) is 13.2 Å². The summed E-state index contributed by atoms with van der Waals surface area (Å²) in [6.45, 7) is 3.37. The molecule has 0 atom stereocenters. The summed E-state index contributed by atoms with van der Waals surface area (Å²) in [5.41, 5.74) is 3.16. The largest absolute Gasteiger partial charge is 0.489 e. The first-order valence-electron chi connectivity index (χ1n) is 10.2. The third kappa shape index (κ3) is 4.32. The van der Waals surface area contributed by atoms with E-state index in [0.29, 0.717) is 11.6 Å². The standard InChI is InChI=1S/C24H21FN4O2/c25-18-4-2-17(3-5-18)16-31-20-10-13-29(24(30)14-20)23-9-8-21-22(27-23)7-6-19(26-21)15-28-11-1-12-28/h2-10,13-14H,1,11-12,15-16H2. The van der Waals surface area contributed by atoms with Gasteiger partial charge in [-0.05, 0) is 67.5 Å². The number of halogens is 1. The number of nitrogens with zero attached hydrogens (tertiary/aromatic N) is 4. The van der Waals surface area contributed by atoms with Crippen LogP contribution in [0.4, 0.5) is 4.39 Å². The van der Waals surface area contributed by atoms with Gasteiger partial charge >= 0.3 is 0 Å². The van der Waals surface area contributed by atoms with Crippen molar-refractivity contribution >= 4 is 11.0 Å². The maximum Gasteiger partial charge on any atom is 0.259 e. The molecule has 0 amide bonds.